The van der Waals surface area contributed by atoms with Crippen LogP contribution in [0, 0.1) is 6.92 Å². The number of rotatable bonds is 6. The highest BCUT2D eigenvalue weighted by molar-refractivity contribution is 4.87. The molecule has 0 N–H and O–H groups in total. The second-order valence-corrected chi connectivity index (χ2v) is 4.98. The van der Waals surface area contributed by atoms with Crippen molar-refractivity contribution < 1.29 is 9.26 Å². The van der Waals surface area contributed by atoms with E-state index in [1.54, 1.807) is 7.11 Å². The Hall–Kier alpha value is -0.940. The van der Waals surface area contributed by atoms with Crippen LogP contribution in [0.1, 0.15) is 43.8 Å². The zero-order valence-corrected chi connectivity index (χ0v) is 11.4. The molecule has 18 heavy (non-hydrogen) atoms. The third-order valence-electron chi connectivity index (χ3n) is 3.55. The second-order valence-electron chi connectivity index (χ2n) is 4.98. The lowest BCUT2D eigenvalue weighted by Crippen LogP contribution is -2.39. The molecule has 1 aromatic heterocycles. The number of piperidine rings is 1. The summed E-state index contributed by atoms with van der Waals surface area (Å²) in [6.07, 6.45) is 6.21. The first-order chi connectivity index (χ1) is 8.79. The van der Waals surface area contributed by atoms with E-state index >= 15 is 0 Å². The Morgan fingerprint density at radius 3 is 3.06 bits per heavy atom. The highest BCUT2D eigenvalue weighted by Crippen LogP contribution is 2.22. The minimum absolute atomic E-state index is 0.646. The Morgan fingerprint density at radius 2 is 2.33 bits per heavy atom. The van der Waals surface area contributed by atoms with E-state index in [2.05, 4.69) is 15.0 Å². The maximum Gasteiger partial charge on any atom is 0.223 e. The molecule has 0 unspecified atom stereocenters. The molecule has 5 nitrogen and oxygen atoms in total. The van der Waals surface area contributed by atoms with Gasteiger partial charge in [0.2, 0.25) is 5.89 Å². The van der Waals surface area contributed by atoms with E-state index in [0.29, 0.717) is 11.9 Å². The molecule has 1 aliphatic heterocycles. The van der Waals surface area contributed by atoms with Crippen molar-refractivity contribution in [1.29, 1.82) is 0 Å². The summed E-state index contributed by atoms with van der Waals surface area (Å²) in [5.41, 5.74) is 0. The first-order valence-corrected chi connectivity index (χ1v) is 6.82. The fourth-order valence-corrected chi connectivity index (χ4v) is 2.65. The van der Waals surface area contributed by atoms with Crippen molar-refractivity contribution in [1.82, 2.24) is 15.0 Å². The molecular formula is C13H23N3O2. The van der Waals surface area contributed by atoms with Gasteiger partial charge in [0.1, 0.15) is 0 Å². The van der Waals surface area contributed by atoms with Crippen molar-refractivity contribution >= 4 is 0 Å². The fourth-order valence-electron chi connectivity index (χ4n) is 2.65. The van der Waals surface area contributed by atoms with Gasteiger partial charge in [0.05, 0.1) is 6.54 Å². The van der Waals surface area contributed by atoms with Gasteiger partial charge in [0.25, 0.3) is 0 Å². The Morgan fingerprint density at radius 1 is 1.44 bits per heavy atom. The Labute approximate surface area is 108 Å². The van der Waals surface area contributed by atoms with Gasteiger partial charge >= 0.3 is 0 Å². The normalized spacial score (nSPS) is 21.3. The summed E-state index contributed by atoms with van der Waals surface area (Å²) in [7, 11) is 1.76. The van der Waals surface area contributed by atoms with E-state index in [9.17, 15) is 0 Å². The minimum atomic E-state index is 0.646. The molecule has 0 bridgehead atoms. The summed E-state index contributed by atoms with van der Waals surface area (Å²) >= 11 is 0. The second kappa shape index (κ2) is 6.85. The first kappa shape index (κ1) is 13.5. The smallest absolute Gasteiger partial charge is 0.223 e. The van der Waals surface area contributed by atoms with Crippen LogP contribution in [0.4, 0.5) is 0 Å². The molecule has 0 radical (unpaired) electrons. The van der Waals surface area contributed by atoms with Crippen LogP contribution >= 0.6 is 0 Å². The molecule has 2 rings (SSSR count). The van der Waals surface area contributed by atoms with Gasteiger partial charge in [-0.15, -0.1) is 0 Å². The van der Waals surface area contributed by atoms with E-state index in [0.717, 1.165) is 31.9 Å². The topological polar surface area (TPSA) is 51.4 Å². The predicted octanol–water partition coefficient (Wildman–Crippen LogP) is 2.16. The lowest BCUT2D eigenvalue weighted by Gasteiger charge is -2.34. The molecule has 1 fully saturated rings. The zero-order valence-electron chi connectivity index (χ0n) is 11.4. The van der Waals surface area contributed by atoms with Crippen LogP contribution in [-0.4, -0.2) is 41.3 Å². The van der Waals surface area contributed by atoms with Crippen LogP contribution in [0.15, 0.2) is 4.52 Å². The molecular weight excluding hydrogens is 230 g/mol. The predicted molar refractivity (Wildman–Crippen MR) is 68.2 cm³/mol. The first-order valence-electron chi connectivity index (χ1n) is 6.82. The number of hydrogen-bond acceptors (Lipinski definition) is 5. The van der Waals surface area contributed by atoms with Crippen molar-refractivity contribution in [2.24, 2.45) is 0 Å². The molecule has 0 aromatic carbocycles. The maximum atomic E-state index is 5.13. The third kappa shape index (κ3) is 3.78. The number of likely N-dealkylation sites (tertiary alicyclic amines) is 1. The Bertz CT molecular complexity index is 354. The van der Waals surface area contributed by atoms with Crippen molar-refractivity contribution in [3.8, 4) is 0 Å². The number of nitrogens with zero attached hydrogens (tertiary/aromatic N) is 3. The zero-order chi connectivity index (χ0) is 12.8. The van der Waals surface area contributed by atoms with Gasteiger partial charge in [0.15, 0.2) is 5.82 Å². The third-order valence-corrected chi connectivity index (χ3v) is 3.55. The molecule has 5 heteroatoms. The van der Waals surface area contributed by atoms with Crippen LogP contribution in [0.2, 0.25) is 0 Å². The van der Waals surface area contributed by atoms with Crippen molar-refractivity contribution in [3.05, 3.63) is 11.7 Å². The highest BCUT2D eigenvalue weighted by atomic mass is 16.5. The lowest BCUT2D eigenvalue weighted by molar-refractivity contribution is 0.113. The van der Waals surface area contributed by atoms with Gasteiger partial charge in [-0.1, -0.05) is 11.6 Å². The molecule has 0 saturated carbocycles. The van der Waals surface area contributed by atoms with Crippen molar-refractivity contribution in [2.75, 3.05) is 20.3 Å². The quantitative estimate of drug-likeness (QED) is 0.727. The summed E-state index contributed by atoms with van der Waals surface area (Å²) < 4.78 is 10.2. The van der Waals surface area contributed by atoms with E-state index < -0.39 is 0 Å². The Kier molecular flexibility index (Phi) is 5.13. The molecule has 1 atom stereocenters. The van der Waals surface area contributed by atoms with Gasteiger partial charge in [-0.05, 0) is 32.2 Å². The van der Waals surface area contributed by atoms with E-state index in [-0.39, 0.29) is 0 Å². The van der Waals surface area contributed by atoms with E-state index in [1.807, 2.05) is 6.92 Å². The van der Waals surface area contributed by atoms with Gasteiger partial charge in [-0.3, -0.25) is 4.90 Å². The van der Waals surface area contributed by atoms with E-state index in [4.69, 9.17) is 9.26 Å². The molecule has 1 aliphatic rings. The number of ether oxygens (including phenoxy) is 1. The number of aromatic nitrogens is 2. The standard InChI is InChI=1S/C13H23N3O2/c1-11-14-13(15-18-11)10-16-8-4-3-6-12(16)7-5-9-17-2/h12H,3-10H2,1-2H3/t12-/m1/s1. The number of aryl methyl sites for hydroxylation is 1. The van der Waals surface area contributed by atoms with Crippen LogP contribution in [0.25, 0.3) is 0 Å². The number of hydrogen-bond donors (Lipinski definition) is 0. The molecule has 1 saturated heterocycles. The largest absolute Gasteiger partial charge is 0.385 e. The van der Waals surface area contributed by atoms with Crippen molar-refractivity contribution in [3.63, 3.8) is 0 Å². The van der Waals surface area contributed by atoms with Crippen LogP contribution in [-0.2, 0) is 11.3 Å². The summed E-state index contributed by atoms with van der Waals surface area (Å²) in [6.45, 7) is 4.65. The molecule has 0 spiro atoms. The van der Waals surface area contributed by atoms with Gasteiger partial charge < -0.3 is 9.26 Å². The van der Waals surface area contributed by atoms with Gasteiger partial charge in [-0.2, -0.15) is 4.98 Å². The average Bonchev–Trinajstić information content (AvgIpc) is 2.77. The summed E-state index contributed by atoms with van der Waals surface area (Å²) in [5.74, 6) is 1.46. The molecule has 0 aliphatic carbocycles. The minimum Gasteiger partial charge on any atom is -0.385 e. The van der Waals surface area contributed by atoms with Crippen LogP contribution < -0.4 is 0 Å². The average molecular weight is 253 g/mol. The van der Waals surface area contributed by atoms with E-state index in [1.165, 1.54) is 25.7 Å². The monoisotopic (exact) mass is 253 g/mol. The van der Waals surface area contributed by atoms with Crippen LogP contribution in [0.3, 0.4) is 0 Å². The molecule has 102 valence electrons. The lowest BCUT2D eigenvalue weighted by atomic mass is 9.98. The van der Waals surface area contributed by atoms with Gasteiger partial charge in [-0.25, -0.2) is 0 Å². The van der Waals surface area contributed by atoms with Gasteiger partial charge in [0, 0.05) is 26.7 Å². The fraction of sp³-hybridized carbons (Fsp3) is 0.846. The Balaban J connectivity index is 1.86. The SMILES string of the molecule is COCCC[C@H]1CCCCN1Cc1noc(C)n1. The number of methoxy groups -OCH3 is 1. The van der Waals surface area contributed by atoms with Crippen molar-refractivity contribution in [2.45, 2.75) is 51.6 Å². The summed E-state index contributed by atoms with van der Waals surface area (Å²) in [5, 5.41) is 3.99. The van der Waals surface area contributed by atoms with Crippen LogP contribution in [0.5, 0.6) is 0 Å². The highest BCUT2D eigenvalue weighted by Gasteiger charge is 2.23. The summed E-state index contributed by atoms with van der Waals surface area (Å²) in [6, 6.07) is 0.646. The molecule has 0 amide bonds. The maximum absolute atomic E-state index is 5.13. The molecule has 2 heterocycles. The molecule has 1 aromatic rings. The summed E-state index contributed by atoms with van der Waals surface area (Å²) in [4.78, 5) is 6.78.